The molecule has 2 aliphatic rings. The Kier molecular flexibility index (Phi) is 2.40. The molecule has 0 unspecified atom stereocenters. The molecule has 84 valence electrons. The molecular formula is C13H15NO2. The average molecular weight is 217 g/mol. The molecule has 1 amide bonds. The molecule has 3 rings (SSSR count). The minimum atomic E-state index is 0.205. The first-order chi connectivity index (χ1) is 7.84. The van der Waals surface area contributed by atoms with E-state index in [9.17, 15) is 4.79 Å². The molecule has 1 fully saturated rings. The van der Waals surface area contributed by atoms with Crippen molar-refractivity contribution < 1.29 is 9.53 Å². The van der Waals surface area contributed by atoms with Crippen LogP contribution in [0.1, 0.15) is 18.4 Å². The highest BCUT2D eigenvalue weighted by Crippen LogP contribution is 2.29. The molecule has 2 aliphatic heterocycles. The van der Waals surface area contributed by atoms with Crippen molar-refractivity contribution in [1.82, 2.24) is 0 Å². The first-order valence-corrected chi connectivity index (χ1v) is 5.84. The van der Waals surface area contributed by atoms with Crippen LogP contribution in [-0.4, -0.2) is 25.2 Å². The molecule has 16 heavy (non-hydrogen) atoms. The van der Waals surface area contributed by atoms with Gasteiger partial charge in [-0.05, 0) is 24.5 Å². The second-order valence-electron chi connectivity index (χ2n) is 4.44. The van der Waals surface area contributed by atoms with Crippen molar-refractivity contribution in [2.45, 2.75) is 25.4 Å². The lowest BCUT2D eigenvalue weighted by Gasteiger charge is -2.21. The predicted molar refractivity (Wildman–Crippen MR) is 61.5 cm³/mol. The largest absolute Gasteiger partial charge is 0.376 e. The Morgan fingerprint density at radius 2 is 2.25 bits per heavy atom. The van der Waals surface area contributed by atoms with Gasteiger partial charge in [0.2, 0.25) is 5.91 Å². The normalized spacial score (nSPS) is 23.9. The van der Waals surface area contributed by atoms with Crippen molar-refractivity contribution in [3.63, 3.8) is 0 Å². The van der Waals surface area contributed by atoms with E-state index in [4.69, 9.17) is 4.74 Å². The molecule has 0 spiro atoms. The fraction of sp³-hybridized carbons (Fsp3) is 0.462. The lowest BCUT2D eigenvalue weighted by atomic mass is 10.2. The predicted octanol–water partition coefficient (Wildman–Crippen LogP) is 1.75. The summed E-state index contributed by atoms with van der Waals surface area (Å²) in [5.74, 6) is 0.205. The molecule has 1 saturated heterocycles. The van der Waals surface area contributed by atoms with Gasteiger partial charge >= 0.3 is 0 Å². The maximum Gasteiger partial charge on any atom is 0.231 e. The molecular weight excluding hydrogens is 202 g/mol. The van der Waals surface area contributed by atoms with Gasteiger partial charge in [-0.15, -0.1) is 0 Å². The third kappa shape index (κ3) is 1.61. The molecule has 3 nitrogen and oxygen atoms in total. The van der Waals surface area contributed by atoms with Gasteiger partial charge in [-0.3, -0.25) is 4.79 Å². The number of para-hydroxylation sites is 1. The summed E-state index contributed by atoms with van der Waals surface area (Å²) in [7, 11) is 0. The summed E-state index contributed by atoms with van der Waals surface area (Å²) in [6, 6.07) is 8.03. The van der Waals surface area contributed by atoms with Crippen LogP contribution in [0, 0.1) is 0 Å². The van der Waals surface area contributed by atoms with Gasteiger partial charge in [0.1, 0.15) is 0 Å². The number of fused-ring (bicyclic) bond motifs is 1. The molecule has 0 aliphatic carbocycles. The Morgan fingerprint density at radius 3 is 3.06 bits per heavy atom. The van der Waals surface area contributed by atoms with E-state index in [-0.39, 0.29) is 12.0 Å². The lowest BCUT2D eigenvalue weighted by Crippen LogP contribution is -2.34. The number of carbonyl (C=O) groups excluding carboxylic acids is 1. The third-order valence-corrected chi connectivity index (χ3v) is 3.34. The molecule has 3 heteroatoms. The molecule has 0 radical (unpaired) electrons. The van der Waals surface area contributed by atoms with E-state index in [1.54, 1.807) is 0 Å². The monoisotopic (exact) mass is 217 g/mol. The van der Waals surface area contributed by atoms with E-state index in [0.29, 0.717) is 6.42 Å². The van der Waals surface area contributed by atoms with Crippen molar-refractivity contribution in [2.24, 2.45) is 0 Å². The SMILES string of the molecule is O=C1Cc2ccccc2N1C[C@H]1CCCO1. The van der Waals surface area contributed by atoms with Crippen molar-refractivity contribution in [1.29, 1.82) is 0 Å². The number of hydrogen-bond acceptors (Lipinski definition) is 2. The van der Waals surface area contributed by atoms with Gasteiger partial charge in [0.15, 0.2) is 0 Å². The Labute approximate surface area is 95.0 Å². The molecule has 1 aromatic rings. The average Bonchev–Trinajstić information content (AvgIpc) is 2.89. The molecule has 0 saturated carbocycles. The first-order valence-electron chi connectivity index (χ1n) is 5.84. The molecule has 0 aromatic heterocycles. The van der Waals surface area contributed by atoms with Crippen LogP contribution in [0.5, 0.6) is 0 Å². The number of hydrogen-bond donors (Lipinski definition) is 0. The molecule has 1 atom stereocenters. The summed E-state index contributed by atoms with van der Waals surface area (Å²) < 4.78 is 5.58. The zero-order valence-corrected chi connectivity index (χ0v) is 9.19. The summed E-state index contributed by atoms with van der Waals surface area (Å²) >= 11 is 0. The van der Waals surface area contributed by atoms with E-state index in [0.717, 1.165) is 37.2 Å². The Bertz CT molecular complexity index is 410. The number of ether oxygens (including phenoxy) is 1. The summed E-state index contributed by atoms with van der Waals surface area (Å²) in [6.07, 6.45) is 2.97. The van der Waals surface area contributed by atoms with Gasteiger partial charge in [-0.25, -0.2) is 0 Å². The van der Waals surface area contributed by atoms with E-state index in [2.05, 4.69) is 0 Å². The van der Waals surface area contributed by atoms with Gasteiger partial charge in [-0.1, -0.05) is 18.2 Å². The van der Waals surface area contributed by atoms with Crippen LogP contribution in [0.15, 0.2) is 24.3 Å². The van der Waals surface area contributed by atoms with E-state index < -0.39 is 0 Å². The van der Waals surface area contributed by atoms with Crippen LogP contribution in [0.25, 0.3) is 0 Å². The second-order valence-corrected chi connectivity index (χ2v) is 4.44. The summed E-state index contributed by atoms with van der Waals surface area (Å²) in [5.41, 5.74) is 2.22. The molecule has 0 bridgehead atoms. The van der Waals surface area contributed by atoms with Crippen LogP contribution < -0.4 is 4.90 Å². The van der Waals surface area contributed by atoms with Crippen LogP contribution in [0.2, 0.25) is 0 Å². The standard InChI is InChI=1S/C13H15NO2/c15-13-8-10-4-1-2-6-12(10)14(13)9-11-5-3-7-16-11/h1-2,4,6,11H,3,5,7-9H2/t11-/m1/s1. The van der Waals surface area contributed by atoms with Crippen LogP contribution in [-0.2, 0) is 16.0 Å². The summed E-state index contributed by atoms with van der Waals surface area (Å²) in [4.78, 5) is 13.8. The Balaban J connectivity index is 1.81. The fourth-order valence-corrected chi connectivity index (χ4v) is 2.51. The second kappa shape index (κ2) is 3.91. The first kappa shape index (κ1) is 9.85. The number of carbonyl (C=O) groups is 1. The Hall–Kier alpha value is -1.35. The smallest absolute Gasteiger partial charge is 0.231 e. The fourth-order valence-electron chi connectivity index (χ4n) is 2.51. The third-order valence-electron chi connectivity index (χ3n) is 3.34. The van der Waals surface area contributed by atoms with Gasteiger partial charge in [0.25, 0.3) is 0 Å². The van der Waals surface area contributed by atoms with Crippen molar-refractivity contribution in [3.05, 3.63) is 29.8 Å². The lowest BCUT2D eigenvalue weighted by molar-refractivity contribution is -0.117. The number of amides is 1. The highest BCUT2D eigenvalue weighted by Gasteiger charge is 2.29. The van der Waals surface area contributed by atoms with Crippen molar-refractivity contribution in [2.75, 3.05) is 18.1 Å². The zero-order valence-electron chi connectivity index (χ0n) is 9.19. The van der Waals surface area contributed by atoms with Crippen LogP contribution in [0.4, 0.5) is 5.69 Å². The Morgan fingerprint density at radius 1 is 1.38 bits per heavy atom. The maximum absolute atomic E-state index is 11.9. The number of rotatable bonds is 2. The minimum absolute atomic E-state index is 0.205. The quantitative estimate of drug-likeness (QED) is 0.755. The molecule has 2 heterocycles. The van der Waals surface area contributed by atoms with Crippen molar-refractivity contribution in [3.8, 4) is 0 Å². The van der Waals surface area contributed by atoms with E-state index in [1.807, 2.05) is 29.2 Å². The zero-order chi connectivity index (χ0) is 11.0. The summed E-state index contributed by atoms with van der Waals surface area (Å²) in [6.45, 7) is 1.56. The molecule has 0 N–H and O–H groups in total. The van der Waals surface area contributed by atoms with E-state index >= 15 is 0 Å². The highest BCUT2D eigenvalue weighted by atomic mass is 16.5. The van der Waals surface area contributed by atoms with E-state index in [1.165, 1.54) is 0 Å². The van der Waals surface area contributed by atoms with Crippen LogP contribution in [0.3, 0.4) is 0 Å². The van der Waals surface area contributed by atoms with Gasteiger partial charge in [0.05, 0.1) is 19.1 Å². The minimum Gasteiger partial charge on any atom is -0.376 e. The van der Waals surface area contributed by atoms with Crippen molar-refractivity contribution >= 4 is 11.6 Å². The topological polar surface area (TPSA) is 29.5 Å². The van der Waals surface area contributed by atoms with Gasteiger partial charge in [0, 0.05) is 12.3 Å². The highest BCUT2D eigenvalue weighted by molar-refractivity contribution is 6.01. The maximum atomic E-state index is 11.9. The summed E-state index contributed by atoms with van der Waals surface area (Å²) in [5, 5.41) is 0. The van der Waals surface area contributed by atoms with Gasteiger partial charge in [-0.2, -0.15) is 0 Å². The van der Waals surface area contributed by atoms with Crippen LogP contribution >= 0.6 is 0 Å². The van der Waals surface area contributed by atoms with Gasteiger partial charge < -0.3 is 9.64 Å². The number of benzene rings is 1. The molecule has 1 aromatic carbocycles. The number of nitrogens with zero attached hydrogens (tertiary/aromatic N) is 1. The number of anilines is 1.